The van der Waals surface area contributed by atoms with Crippen molar-refractivity contribution in [3.05, 3.63) is 41.3 Å². The first kappa shape index (κ1) is 20.8. The van der Waals surface area contributed by atoms with Crippen LogP contribution in [0, 0.1) is 17.5 Å². The Morgan fingerprint density at radius 1 is 1.27 bits per heavy atom. The lowest BCUT2D eigenvalue weighted by atomic mass is 10.1. The maximum absolute atomic E-state index is 13.3. The fourth-order valence-corrected chi connectivity index (χ4v) is 3.26. The summed E-state index contributed by atoms with van der Waals surface area (Å²) in [7, 11) is 0. The fraction of sp³-hybridized carbons (Fsp3) is 0.500. The lowest BCUT2D eigenvalue weighted by Crippen LogP contribution is -2.52. The SMILES string of the molecule is CCSC1OC(CO)C(O)OC1CN/C=C(\N)c1cc(F)c(F)c(F)c1. The Morgan fingerprint density at radius 2 is 1.92 bits per heavy atom. The molecule has 0 aliphatic carbocycles. The minimum Gasteiger partial charge on any atom is -0.397 e. The summed E-state index contributed by atoms with van der Waals surface area (Å²) in [4.78, 5) is 0. The first-order chi connectivity index (χ1) is 12.4. The smallest absolute Gasteiger partial charge is 0.194 e. The van der Waals surface area contributed by atoms with Crippen molar-refractivity contribution in [2.24, 2.45) is 5.73 Å². The van der Waals surface area contributed by atoms with Crippen molar-refractivity contribution in [3.8, 4) is 0 Å². The number of halogens is 3. The number of hydrogen-bond acceptors (Lipinski definition) is 7. The van der Waals surface area contributed by atoms with Crippen LogP contribution in [0.15, 0.2) is 18.3 Å². The topological polar surface area (TPSA) is 97.0 Å². The summed E-state index contributed by atoms with van der Waals surface area (Å²) in [6.07, 6.45) is -1.36. The van der Waals surface area contributed by atoms with Gasteiger partial charge in [0.1, 0.15) is 17.6 Å². The molecule has 1 aliphatic rings. The monoisotopic (exact) mass is 394 g/mol. The van der Waals surface area contributed by atoms with E-state index in [-0.39, 0.29) is 24.4 Å². The van der Waals surface area contributed by atoms with E-state index in [4.69, 9.17) is 20.3 Å². The zero-order chi connectivity index (χ0) is 19.3. The number of rotatable bonds is 7. The molecule has 0 bridgehead atoms. The van der Waals surface area contributed by atoms with Gasteiger partial charge in [0.15, 0.2) is 23.7 Å². The molecule has 0 radical (unpaired) electrons. The van der Waals surface area contributed by atoms with E-state index < -0.39 is 41.4 Å². The van der Waals surface area contributed by atoms with E-state index in [0.717, 1.165) is 17.9 Å². The largest absolute Gasteiger partial charge is 0.397 e. The zero-order valence-corrected chi connectivity index (χ0v) is 14.8. The standard InChI is InChI=1S/C16H21F3N2O4S/c1-2-26-16-12(24-15(23)13(7-22)25-16)6-21-5-11(20)8-3-9(17)14(19)10(18)4-8/h3-5,12-13,15-16,21-23H,2,6-7,20H2,1H3/b11-5-. The van der Waals surface area contributed by atoms with Crippen LogP contribution >= 0.6 is 11.8 Å². The third kappa shape index (κ3) is 5.04. The zero-order valence-electron chi connectivity index (χ0n) is 14.0. The Bertz CT molecular complexity index is 627. The van der Waals surface area contributed by atoms with Gasteiger partial charge in [0.05, 0.1) is 12.3 Å². The fourth-order valence-electron chi connectivity index (χ4n) is 2.34. The second-order valence-corrected chi connectivity index (χ2v) is 6.88. The van der Waals surface area contributed by atoms with Gasteiger partial charge in [-0.15, -0.1) is 11.8 Å². The van der Waals surface area contributed by atoms with E-state index in [2.05, 4.69) is 5.32 Å². The van der Waals surface area contributed by atoms with Crippen LogP contribution in [0.3, 0.4) is 0 Å². The number of hydrogen-bond donors (Lipinski definition) is 4. The Hall–Kier alpha value is -1.46. The van der Waals surface area contributed by atoms with E-state index >= 15 is 0 Å². The van der Waals surface area contributed by atoms with Gasteiger partial charge in [0.2, 0.25) is 0 Å². The number of aliphatic hydroxyl groups excluding tert-OH is 2. The molecule has 10 heteroatoms. The predicted molar refractivity (Wildman–Crippen MR) is 91.2 cm³/mol. The Labute approximate surface area is 153 Å². The van der Waals surface area contributed by atoms with E-state index in [1.807, 2.05) is 6.92 Å². The molecule has 1 heterocycles. The third-order valence-electron chi connectivity index (χ3n) is 3.65. The molecule has 26 heavy (non-hydrogen) atoms. The molecule has 1 fully saturated rings. The summed E-state index contributed by atoms with van der Waals surface area (Å²) < 4.78 is 50.5. The van der Waals surface area contributed by atoms with Crippen LogP contribution in [0.1, 0.15) is 12.5 Å². The van der Waals surface area contributed by atoms with Crippen molar-refractivity contribution >= 4 is 17.5 Å². The minimum absolute atomic E-state index is 0.00648. The lowest BCUT2D eigenvalue weighted by Gasteiger charge is -2.38. The van der Waals surface area contributed by atoms with Gasteiger partial charge in [-0.2, -0.15) is 0 Å². The number of aliphatic hydroxyl groups is 2. The molecule has 1 aromatic carbocycles. The molecule has 1 aliphatic heterocycles. The van der Waals surface area contributed by atoms with Gasteiger partial charge in [-0.25, -0.2) is 13.2 Å². The quantitative estimate of drug-likeness (QED) is 0.515. The van der Waals surface area contributed by atoms with Crippen LogP contribution in [-0.2, 0) is 9.47 Å². The molecule has 1 saturated heterocycles. The van der Waals surface area contributed by atoms with E-state index in [1.54, 1.807) is 0 Å². The second kappa shape index (κ2) is 9.47. The number of benzene rings is 1. The maximum atomic E-state index is 13.3. The van der Waals surface area contributed by atoms with Crippen LogP contribution in [0.25, 0.3) is 5.70 Å². The van der Waals surface area contributed by atoms with E-state index in [1.165, 1.54) is 18.0 Å². The lowest BCUT2D eigenvalue weighted by molar-refractivity contribution is -0.270. The number of nitrogens with two attached hydrogens (primary N) is 1. The van der Waals surface area contributed by atoms with Crippen LogP contribution in [0.4, 0.5) is 13.2 Å². The van der Waals surface area contributed by atoms with Crippen molar-refractivity contribution in [1.82, 2.24) is 5.32 Å². The number of ether oxygens (including phenoxy) is 2. The highest BCUT2D eigenvalue weighted by Gasteiger charge is 2.37. The average molecular weight is 394 g/mol. The first-order valence-electron chi connectivity index (χ1n) is 7.92. The molecule has 146 valence electrons. The van der Waals surface area contributed by atoms with Crippen molar-refractivity contribution < 1.29 is 32.9 Å². The van der Waals surface area contributed by atoms with Gasteiger partial charge in [-0.05, 0) is 17.9 Å². The summed E-state index contributed by atoms with van der Waals surface area (Å²) in [5, 5.41) is 21.8. The highest BCUT2D eigenvalue weighted by Crippen LogP contribution is 2.27. The predicted octanol–water partition coefficient (Wildman–Crippen LogP) is 1.12. The molecular formula is C16H21F3N2O4S. The summed E-state index contributed by atoms with van der Waals surface area (Å²) in [5.41, 5.74) is 5.29. The van der Waals surface area contributed by atoms with Crippen molar-refractivity contribution in [1.29, 1.82) is 0 Å². The van der Waals surface area contributed by atoms with Gasteiger partial charge in [0, 0.05) is 18.3 Å². The van der Waals surface area contributed by atoms with Gasteiger partial charge < -0.3 is 30.7 Å². The summed E-state index contributed by atoms with van der Waals surface area (Å²) >= 11 is 1.44. The Balaban J connectivity index is 2.01. The van der Waals surface area contributed by atoms with Gasteiger partial charge in [0.25, 0.3) is 0 Å². The molecule has 4 atom stereocenters. The minimum atomic E-state index is -1.56. The summed E-state index contributed by atoms with van der Waals surface area (Å²) in [5.74, 6) is -3.50. The van der Waals surface area contributed by atoms with Gasteiger partial charge >= 0.3 is 0 Å². The molecule has 0 spiro atoms. The van der Waals surface area contributed by atoms with Crippen molar-refractivity contribution in [2.45, 2.75) is 30.9 Å². The average Bonchev–Trinajstić information content (AvgIpc) is 2.61. The second-order valence-electron chi connectivity index (χ2n) is 5.51. The summed E-state index contributed by atoms with van der Waals surface area (Å²) in [6.45, 7) is 1.73. The normalized spacial score (nSPS) is 26.8. The Morgan fingerprint density at radius 3 is 2.50 bits per heavy atom. The molecule has 5 N–H and O–H groups in total. The number of thioether (sulfide) groups is 1. The molecule has 6 nitrogen and oxygen atoms in total. The van der Waals surface area contributed by atoms with Gasteiger partial charge in [-0.1, -0.05) is 6.92 Å². The number of nitrogens with one attached hydrogen (secondary N) is 1. The van der Waals surface area contributed by atoms with Crippen LogP contribution in [-0.4, -0.2) is 53.1 Å². The van der Waals surface area contributed by atoms with Gasteiger partial charge in [-0.3, -0.25) is 0 Å². The highest BCUT2D eigenvalue weighted by molar-refractivity contribution is 7.99. The van der Waals surface area contributed by atoms with Crippen LogP contribution in [0.5, 0.6) is 0 Å². The maximum Gasteiger partial charge on any atom is 0.194 e. The molecule has 4 unspecified atom stereocenters. The summed E-state index contributed by atoms with van der Waals surface area (Å²) in [6, 6.07) is 1.58. The molecule has 0 saturated carbocycles. The van der Waals surface area contributed by atoms with Crippen molar-refractivity contribution in [2.75, 3.05) is 18.9 Å². The Kier molecular flexibility index (Phi) is 7.59. The molecule has 1 aromatic rings. The molecule has 0 amide bonds. The van der Waals surface area contributed by atoms with Crippen LogP contribution < -0.4 is 11.1 Å². The van der Waals surface area contributed by atoms with Crippen molar-refractivity contribution in [3.63, 3.8) is 0 Å². The van der Waals surface area contributed by atoms with Crippen LogP contribution in [0.2, 0.25) is 0 Å². The highest BCUT2D eigenvalue weighted by atomic mass is 32.2. The molecule has 0 aromatic heterocycles. The molecule has 2 rings (SSSR count). The first-order valence-corrected chi connectivity index (χ1v) is 8.97. The third-order valence-corrected chi connectivity index (χ3v) is 4.73. The molecular weight excluding hydrogens is 373 g/mol. The van der Waals surface area contributed by atoms with E-state index in [9.17, 15) is 18.3 Å². The van der Waals surface area contributed by atoms with E-state index in [0.29, 0.717) is 0 Å².